The van der Waals surface area contributed by atoms with Crippen molar-refractivity contribution in [3.8, 4) is 0 Å². The molecule has 7 heteroatoms. The molecule has 0 radical (unpaired) electrons. The van der Waals surface area contributed by atoms with Gasteiger partial charge in [0, 0.05) is 38.3 Å². The molecule has 2 atom stereocenters. The monoisotopic (exact) mass is 388 g/mol. The lowest BCUT2D eigenvalue weighted by atomic mass is 10.00. The van der Waals surface area contributed by atoms with E-state index in [1.54, 1.807) is 0 Å². The summed E-state index contributed by atoms with van der Waals surface area (Å²) in [5.74, 6) is 4.10. The average Bonchev–Trinajstić information content (AvgIpc) is 3.45. The molecular formula is C20H32N6S. The summed E-state index contributed by atoms with van der Waals surface area (Å²) in [4.78, 5) is 14.5. The number of hydrogen-bond donors (Lipinski definition) is 2. The molecule has 3 fully saturated rings. The van der Waals surface area contributed by atoms with Gasteiger partial charge in [0.25, 0.3) is 0 Å². The number of anilines is 3. The Morgan fingerprint density at radius 1 is 0.963 bits per heavy atom. The predicted molar refractivity (Wildman–Crippen MR) is 116 cm³/mol. The second kappa shape index (κ2) is 8.17. The van der Waals surface area contributed by atoms with Crippen molar-refractivity contribution in [2.45, 2.75) is 58.4 Å². The Balaban J connectivity index is 1.57. The number of hydrogen-bond acceptors (Lipinski definition) is 5. The molecule has 0 aromatic carbocycles. The highest BCUT2D eigenvalue weighted by Gasteiger charge is 2.24. The van der Waals surface area contributed by atoms with Gasteiger partial charge in [-0.1, -0.05) is 13.8 Å². The summed E-state index contributed by atoms with van der Waals surface area (Å²) >= 11 is 5.46. The Labute approximate surface area is 168 Å². The van der Waals surface area contributed by atoms with E-state index in [-0.39, 0.29) is 0 Å². The summed E-state index contributed by atoms with van der Waals surface area (Å²) in [5.41, 5.74) is 0. The highest BCUT2D eigenvalue weighted by atomic mass is 32.1. The number of nitrogens with zero attached hydrogens (tertiary/aromatic N) is 4. The number of rotatable bonds is 4. The van der Waals surface area contributed by atoms with Gasteiger partial charge in [0.2, 0.25) is 5.95 Å². The lowest BCUT2D eigenvalue weighted by Crippen LogP contribution is -2.37. The number of thiocarbonyl (C=S) groups is 1. The molecule has 148 valence electrons. The van der Waals surface area contributed by atoms with Crippen LogP contribution in [0.1, 0.15) is 52.4 Å². The fourth-order valence-electron chi connectivity index (χ4n) is 4.15. The van der Waals surface area contributed by atoms with Crippen molar-refractivity contribution in [2.24, 2.45) is 11.8 Å². The van der Waals surface area contributed by atoms with E-state index in [4.69, 9.17) is 22.2 Å². The highest BCUT2D eigenvalue weighted by Crippen LogP contribution is 2.28. The average molecular weight is 389 g/mol. The van der Waals surface area contributed by atoms with E-state index in [9.17, 15) is 0 Å². The minimum Gasteiger partial charge on any atom is -0.360 e. The Morgan fingerprint density at radius 2 is 1.52 bits per heavy atom. The first-order valence-electron chi connectivity index (χ1n) is 10.5. The lowest BCUT2D eigenvalue weighted by Gasteiger charge is -2.35. The molecule has 0 amide bonds. The molecule has 1 saturated carbocycles. The van der Waals surface area contributed by atoms with Crippen molar-refractivity contribution in [2.75, 3.05) is 41.3 Å². The summed E-state index contributed by atoms with van der Waals surface area (Å²) in [6, 6.07) is 2.71. The predicted octanol–water partition coefficient (Wildman–Crippen LogP) is 3.40. The van der Waals surface area contributed by atoms with Crippen LogP contribution in [0.5, 0.6) is 0 Å². The van der Waals surface area contributed by atoms with Crippen LogP contribution in [0, 0.1) is 11.8 Å². The number of nitrogens with one attached hydrogen (secondary N) is 2. The Hall–Kier alpha value is -1.63. The van der Waals surface area contributed by atoms with Gasteiger partial charge in [-0.25, -0.2) is 0 Å². The van der Waals surface area contributed by atoms with Crippen LogP contribution in [0.15, 0.2) is 6.07 Å². The first kappa shape index (κ1) is 18.7. The van der Waals surface area contributed by atoms with Gasteiger partial charge in [0.05, 0.1) is 0 Å². The van der Waals surface area contributed by atoms with Crippen LogP contribution in [-0.2, 0) is 0 Å². The lowest BCUT2D eigenvalue weighted by molar-refractivity contribution is 0.441. The zero-order valence-corrected chi connectivity index (χ0v) is 17.4. The molecule has 0 spiro atoms. The van der Waals surface area contributed by atoms with Crippen molar-refractivity contribution < 1.29 is 0 Å². The topological polar surface area (TPSA) is 56.3 Å². The summed E-state index contributed by atoms with van der Waals surface area (Å²) in [6.07, 6.45) is 7.46. The van der Waals surface area contributed by atoms with E-state index in [0.29, 0.717) is 28.9 Å². The molecular weight excluding hydrogens is 356 g/mol. The van der Waals surface area contributed by atoms with Gasteiger partial charge < -0.3 is 20.4 Å². The molecule has 0 bridgehead atoms. The molecule has 1 aromatic heterocycles. The fourth-order valence-corrected chi connectivity index (χ4v) is 4.41. The molecule has 1 aromatic rings. The van der Waals surface area contributed by atoms with E-state index in [0.717, 1.165) is 37.8 Å². The summed E-state index contributed by atoms with van der Waals surface area (Å²) in [6.45, 7) is 8.93. The van der Waals surface area contributed by atoms with Crippen molar-refractivity contribution in [1.29, 1.82) is 0 Å². The summed E-state index contributed by atoms with van der Waals surface area (Å²) in [7, 11) is 0. The Morgan fingerprint density at radius 3 is 2.00 bits per heavy atom. The molecule has 4 rings (SSSR count). The highest BCUT2D eigenvalue weighted by molar-refractivity contribution is 7.80. The van der Waals surface area contributed by atoms with Gasteiger partial charge in [-0.05, 0) is 62.6 Å². The largest absolute Gasteiger partial charge is 0.360 e. The minimum atomic E-state index is 0.526. The zero-order chi connectivity index (χ0) is 18.8. The van der Waals surface area contributed by atoms with E-state index < -0.39 is 0 Å². The van der Waals surface area contributed by atoms with E-state index in [2.05, 4.69) is 40.3 Å². The standard InChI is InChI=1S/C20H32N6S/c1-14-5-3-9-25(12-14)17-11-18(26-10-4-6-15(2)13-26)23-19(22-17)24-20(27)21-16-7-8-16/h11,14-16H,3-10,12-13H2,1-2H3,(H2,21,22,23,24,27). The second-order valence-corrected chi connectivity index (χ2v) is 9.08. The van der Waals surface area contributed by atoms with Crippen molar-refractivity contribution in [3.63, 3.8) is 0 Å². The first-order chi connectivity index (χ1) is 13.1. The second-order valence-electron chi connectivity index (χ2n) is 8.67. The number of aromatic nitrogens is 2. The minimum absolute atomic E-state index is 0.526. The van der Waals surface area contributed by atoms with Gasteiger partial charge in [0.15, 0.2) is 5.11 Å². The molecule has 2 aliphatic heterocycles. The molecule has 2 unspecified atom stereocenters. The third kappa shape index (κ3) is 5.00. The van der Waals surface area contributed by atoms with Crippen molar-refractivity contribution >= 4 is 34.9 Å². The van der Waals surface area contributed by atoms with E-state index in [1.165, 1.54) is 38.5 Å². The molecule has 3 heterocycles. The van der Waals surface area contributed by atoms with Crippen LogP contribution in [0.4, 0.5) is 17.6 Å². The molecule has 2 N–H and O–H groups in total. The third-order valence-corrected chi connectivity index (χ3v) is 6.02. The van der Waals surface area contributed by atoms with Gasteiger partial charge in [-0.2, -0.15) is 9.97 Å². The Kier molecular flexibility index (Phi) is 5.66. The maximum absolute atomic E-state index is 5.46. The molecule has 3 aliphatic rings. The van der Waals surface area contributed by atoms with Crippen molar-refractivity contribution in [3.05, 3.63) is 6.07 Å². The first-order valence-corrected chi connectivity index (χ1v) is 10.9. The van der Waals surface area contributed by atoms with Crippen LogP contribution in [0.3, 0.4) is 0 Å². The SMILES string of the molecule is CC1CCCN(c2cc(N3CCCC(C)C3)nc(NC(=S)NC3CC3)n2)C1. The van der Waals surface area contributed by atoms with Crippen LogP contribution < -0.4 is 20.4 Å². The van der Waals surface area contributed by atoms with Crippen LogP contribution in [0.25, 0.3) is 0 Å². The maximum Gasteiger partial charge on any atom is 0.232 e. The van der Waals surface area contributed by atoms with Crippen LogP contribution in [0.2, 0.25) is 0 Å². The van der Waals surface area contributed by atoms with Crippen molar-refractivity contribution in [1.82, 2.24) is 15.3 Å². The van der Waals surface area contributed by atoms with Crippen LogP contribution in [-0.4, -0.2) is 47.3 Å². The normalized spacial score (nSPS) is 26.0. The fraction of sp³-hybridized carbons (Fsp3) is 0.750. The molecule has 6 nitrogen and oxygen atoms in total. The third-order valence-electron chi connectivity index (χ3n) is 5.80. The summed E-state index contributed by atoms with van der Waals surface area (Å²) < 4.78 is 0. The Bertz CT molecular complexity index is 636. The quantitative estimate of drug-likeness (QED) is 0.767. The maximum atomic E-state index is 5.46. The van der Waals surface area contributed by atoms with Crippen LogP contribution >= 0.6 is 12.2 Å². The molecule has 27 heavy (non-hydrogen) atoms. The van der Waals surface area contributed by atoms with Gasteiger partial charge in [-0.15, -0.1) is 0 Å². The molecule has 1 aliphatic carbocycles. The van der Waals surface area contributed by atoms with Gasteiger partial charge >= 0.3 is 0 Å². The molecule has 2 saturated heterocycles. The number of piperidine rings is 2. The summed E-state index contributed by atoms with van der Waals surface area (Å²) in [5, 5.41) is 7.21. The smallest absolute Gasteiger partial charge is 0.232 e. The van der Waals surface area contributed by atoms with Gasteiger partial charge in [-0.3, -0.25) is 0 Å². The zero-order valence-electron chi connectivity index (χ0n) is 16.6. The van der Waals surface area contributed by atoms with E-state index in [1.807, 2.05) is 0 Å². The van der Waals surface area contributed by atoms with E-state index >= 15 is 0 Å². The van der Waals surface area contributed by atoms with Gasteiger partial charge in [0.1, 0.15) is 11.6 Å².